The highest BCUT2D eigenvalue weighted by Gasteiger charge is 2.23. The number of benzene rings is 3. The zero-order chi connectivity index (χ0) is 23.8. The average molecular weight is 458 g/mol. The molecule has 0 atom stereocenters. The van der Waals surface area contributed by atoms with E-state index in [1.807, 2.05) is 65.2 Å². The third-order valence-corrected chi connectivity index (χ3v) is 6.99. The molecule has 172 valence electrons. The van der Waals surface area contributed by atoms with E-state index in [-0.39, 0.29) is 5.43 Å². The van der Waals surface area contributed by atoms with Gasteiger partial charge >= 0.3 is 0 Å². The summed E-state index contributed by atoms with van der Waals surface area (Å²) in [7, 11) is 0. The molecular formula is C31H27N3O. The van der Waals surface area contributed by atoms with Crippen LogP contribution < -0.4 is 10.7 Å². The van der Waals surface area contributed by atoms with E-state index in [2.05, 4.69) is 42.6 Å². The van der Waals surface area contributed by atoms with Gasteiger partial charge < -0.3 is 5.32 Å². The van der Waals surface area contributed by atoms with Crippen LogP contribution in [-0.4, -0.2) is 9.55 Å². The van der Waals surface area contributed by atoms with Gasteiger partial charge in [-0.15, -0.1) is 0 Å². The Hall–Kier alpha value is -4.18. The van der Waals surface area contributed by atoms with E-state index < -0.39 is 0 Å². The molecule has 0 saturated heterocycles. The molecule has 3 aromatic carbocycles. The first-order chi connectivity index (χ1) is 17.2. The van der Waals surface area contributed by atoms with Crippen molar-refractivity contribution < 1.29 is 0 Å². The first-order valence-electron chi connectivity index (χ1n) is 12.2. The van der Waals surface area contributed by atoms with Crippen LogP contribution >= 0.6 is 0 Å². The van der Waals surface area contributed by atoms with Gasteiger partial charge in [-0.1, -0.05) is 60.7 Å². The van der Waals surface area contributed by atoms with Crippen LogP contribution in [-0.2, 0) is 19.3 Å². The monoisotopic (exact) mass is 457 g/mol. The van der Waals surface area contributed by atoms with Crippen LogP contribution in [0.25, 0.3) is 16.7 Å². The quantitative estimate of drug-likeness (QED) is 0.332. The Balaban J connectivity index is 1.45. The molecule has 2 aromatic heterocycles. The Morgan fingerprint density at radius 3 is 2.17 bits per heavy atom. The molecule has 1 aliphatic carbocycles. The lowest BCUT2D eigenvalue weighted by Crippen LogP contribution is -2.15. The number of hydrogen-bond acceptors (Lipinski definition) is 3. The van der Waals surface area contributed by atoms with Crippen molar-refractivity contribution in [2.45, 2.75) is 26.2 Å². The molecule has 0 radical (unpaired) electrons. The van der Waals surface area contributed by atoms with Crippen molar-refractivity contribution in [2.24, 2.45) is 5.92 Å². The minimum atomic E-state index is -0.0194. The van der Waals surface area contributed by atoms with Gasteiger partial charge in [0.2, 0.25) is 0 Å². The van der Waals surface area contributed by atoms with Crippen molar-refractivity contribution in [1.82, 2.24) is 9.55 Å². The summed E-state index contributed by atoms with van der Waals surface area (Å²) in [6.07, 6.45) is 3.10. The van der Waals surface area contributed by atoms with Crippen LogP contribution in [0.2, 0.25) is 0 Å². The Bertz CT molecular complexity index is 1550. The first-order valence-corrected chi connectivity index (χ1v) is 12.2. The second kappa shape index (κ2) is 8.88. The van der Waals surface area contributed by atoms with E-state index in [1.165, 1.54) is 11.1 Å². The number of hydrogen-bond donors (Lipinski definition) is 1. The third-order valence-electron chi connectivity index (χ3n) is 6.99. The molecule has 35 heavy (non-hydrogen) atoms. The summed E-state index contributed by atoms with van der Waals surface area (Å²) in [6, 6.07) is 32.5. The zero-order valence-electron chi connectivity index (χ0n) is 19.7. The number of rotatable bonds is 5. The molecule has 0 aliphatic heterocycles. The van der Waals surface area contributed by atoms with E-state index in [1.54, 1.807) is 6.07 Å². The lowest BCUT2D eigenvalue weighted by atomic mass is 9.95. The Labute approximate surface area is 204 Å². The number of nitrogens with zero attached hydrogens (tertiary/aromatic N) is 2. The molecule has 0 unspecified atom stereocenters. The van der Waals surface area contributed by atoms with Crippen LogP contribution in [0.5, 0.6) is 0 Å². The second-order valence-electron chi connectivity index (χ2n) is 9.41. The summed E-state index contributed by atoms with van der Waals surface area (Å²) in [5, 5.41) is 4.09. The predicted molar refractivity (Wildman–Crippen MR) is 143 cm³/mol. The van der Waals surface area contributed by atoms with Gasteiger partial charge in [-0.25, -0.2) is 4.98 Å². The summed E-state index contributed by atoms with van der Waals surface area (Å²) in [5.41, 5.74) is 7.59. The molecule has 6 rings (SSSR count). The maximum atomic E-state index is 13.4. The highest BCUT2D eigenvalue weighted by atomic mass is 16.1. The number of aromatic nitrogens is 2. The Kier molecular flexibility index (Phi) is 5.42. The summed E-state index contributed by atoms with van der Waals surface area (Å²) < 4.78 is 2.05. The van der Waals surface area contributed by atoms with Gasteiger partial charge in [-0.3, -0.25) is 9.36 Å². The van der Waals surface area contributed by atoms with Crippen molar-refractivity contribution in [3.63, 3.8) is 0 Å². The van der Waals surface area contributed by atoms with Crippen molar-refractivity contribution >= 4 is 22.5 Å². The van der Waals surface area contributed by atoms with Gasteiger partial charge in [0, 0.05) is 23.1 Å². The lowest BCUT2D eigenvalue weighted by Gasteiger charge is -2.19. The number of para-hydroxylation sites is 2. The molecular weight excluding hydrogens is 430 g/mol. The molecule has 4 nitrogen and oxygen atoms in total. The van der Waals surface area contributed by atoms with Crippen molar-refractivity contribution in [2.75, 3.05) is 5.32 Å². The maximum Gasteiger partial charge on any atom is 0.193 e. The number of nitrogens with one attached hydrogen (secondary N) is 1. The van der Waals surface area contributed by atoms with E-state index in [9.17, 15) is 4.79 Å². The molecule has 1 aliphatic rings. The molecule has 0 amide bonds. The topological polar surface area (TPSA) is 46.9 Å². The average Bonchev–Trinajstić information content (AvgIpc) is 3.29. The standard InChI is InChI=1S/C31H27N3O/c1-21-25(18-22-16-23-10-8-9-11-24(23)17-22)19-28-29(35)20-30(33-26-12-4-2-5-13-26)34(31(28)32-21)27-14-6-3-7-15-27/h2-15,19-20,22,33H,16-18H2,1H3. The summed E-state index contributed by atoms with van der Waals surface area (Å²) in [6.45, 7) is 2.06. The number of fused-ring (bicyclic) bond motifs is 2. The van der Waals surface area contributed by atoms with E-state index in [0.717, 1.165) is 41.9 Å². The fourth-order valence-electron chi connectivity index (χ4n) is 5.28. The Morgan fingerprint density at radius 1 is 0.857 bits per heavy atom. The minimum absolute atomic E-state index is 0.0194. The maximum absolute atomic E-state index is 13.4. The van der Waals surface area contributed by atoms with Gasteiger partial charge in [-0.2, -0.15) is 0 Å². The molecule has 0 spiro atoms. The number of aryl methyl sites for hydroxylation is 1. The fourth-order valence-corrected chi connectivity index (χ4v) is 5.28. The predicted octanol–water partition coefficient (Wildman–Crippen LogP) is 6.40. The van der Waals surface area contributed by atoms with Gasteiger partial charge in [0.1, 0.15) is 11.5 Å². The van der Waals surface area contributed by atoms with Crippen molar-refractivity contribution in [1.29, 1.82) is 0 Å². The van der Waals surface area contributed by atoms with E-state index in [4.69, 9.17) is 4.98 Å². The highest BCUT2D eigenvalue weighted by molar-refractivity contribution is 5.82. The van der Waals surface area contributed by atoms with Gasteiger partial charge in [-0.05, 0) is 79.1 Å². The zero-order valence-corrected chi connectivity index (χ0v) is 19.7. The van der Waals surface area contributed by atoms with E-state index in [0.29, 0.717) is 22.8 Å². The Morgan fingerprint density at radius 2 is 1.49 bits per heavy atom. The van der Waals surface area contributed by atoms with Crippen LogP contribution in [0.3, 0.4) is 0 Å². The summed E-state index contributed by atoms with van der Waals surface area (Å²) in [4.78, 5) is 18.4. The highest BCUT2D eigenvalue weighted by Crippen LogP contribution is 2.31. The van der Waals surface area contributed by atoms with Crippen LogP contribution in [0.4, 0.5) is 11.5 Å². The number of pyridine rings is 2. The first kappa shape index (κ1) is 21.4. The largest absolute Gasteiger partial charge is 0.341 e. The van der Waals surface area contributed by atoms with Crippen LogP contribution in [0, 0.1) is 12.8 Å². The molecule has 5 aromatic rings. The molecule has 0 bridgehead atoms. The third kappa shape index (κ3) is 4.12. The van der Waals surface area contributed by atoms with Crippen molar-refractivity contribution in [3.8, 4) is 5.69 Å². The van der Waals surface area contributed by atoms with E-state index >= 15 is 0 Å². The number of anilines is 2. The molecule has 0 fully saturated rings. The fraction of sp³-hybridized carbons (Fsp3) is 0.161. The SMILES string of the molecule is Cc1nc2c(cc1CC1Cc3ccccc3C1)c(=O)cc(Nc1ccccc1)n2-c1ccccc1. The summed E-state index contributed by atoms with van der Waals surface area (Å²) in [5.74, 6) is 1.24. The van der Waals surface area contributed by atoms with Gasteiger partial charge in [0.15, 0.2) is 5.43 Å². The summed E-state index contributed by atoms with van der Waals surface area (Å²) >= 11 is 0. The molecule has 2 heterocycles. The molecule has 4 heteroatoms. The lowest BCUT2D eigenvalue weighted by molar-refractivity contribution is 0.557. The van der Waals surface area contributed by atoms with Gasteiger partial charge in [0.05, 0.1) is 5.39 Å². The smallest absolute Gasteiger partial charge is 0.193 e. The minimum Gasteiger partial charge on any atom is -0.341 e. The second-order valence-corrected chi connectivity index (χ2v) is 9.41. The van der Waals surface area contributed by atoms with Crippen molar-refractivity contribution in [3.05, 3.63) is 130 Å². The van der Waals surface area contributed by atoms with Gasteiger partial charge in [0.25, 0.3) is 0 Å². The molecule has 1 N–H and O–H groups in total. The molecule has 0 saturated carbocycles. The normalized spacial score (nSPS) is 13.2. The van der Waals surface area contributed by atoms with Crippen LogP contribution in [0.15, 0.2) is 102 Å². The van der Waals surface area contributed by atoms with Crippen LogP contribution in [0.1, 0.15) is 22.4 Å².